The quantitative estimate of drug-likeness (QED) is 0.162. The summed E-state index contributed by atoms with van der Waals surface area (Å²) in [6.07, 6.45) is 0. The Hall–Kier alpha value is -4.50. The van der Waals surface area contributed by atoms with E-state index in [1.807, 2.05) is 0 Å². The van der Waals surface area contributed by atoms with Crippen LogP contribution in [0.5, 0.6) is 0 Å². The summed E-state index contributed by atoms with van der Waals surface area (Å²) in [5.41, 5.74) is 20.6. The molecule has 0 saturated heterocycles. The topological polar surface area (TPSA) is 20.7 Å². The SMILES string of the molecule is B/C=C(/C(B)=C(\C(B)=C\B)c1c(B)c(B)c(B)c(B)c1B)n1c2ccccc2c2cc(-c3ccc4[nH]c5ccccc5c4c3)ccc21. The number of para-hydroxylation sites is 2. The van der Waals surface area contributed by atoms with Crippen molar-refractivity contribution in [2.24, 2.45) is 0 Å². The van der Waals surface area contributed by atoms with Gasteiger partial charge in [0, 0.05) is 38.3 Å². The molecular weight excluding hydrogens is 558 g/mol. The van der Waals surface area contributed by atoms with Crippen molar-refractivity contribution < 1.29 is 0 Å². The molecule has 0 aliphatic heterocycles. The van der Waals surface area contributed by atoms with Crippen LogP contribution in [0.4, 0.5) is 0 Å². The van der Waals surface area contributed by atoms with Gasteiger partial charge in [-0.3, -0.25) is 0 Å². The van der Waals surface area contributed by atoms with Crippen LogP contribution in [0, 0.1) is 0 Å². The number of nitrogens with one attached hydrogen (secondary N) is 1. The van der Waals surface area contributed by atoms with Gasteiger partial charge in [-0.15, -0.1) is 28.3 Å². The fourth-order valence-electron chi connectivity index (χ4n) is 7.78. The molecule has 216 valence electrons. The maximum absolute atomic E-state index is 3.57. The van der Waals surface area contributed by atoms with Crippen molar-refractivity contribution >= 4 is 153 Å². The highest BCUT2D eigenvalue weighted by atomic mass is 15.0. The lowest BCUT2D eigenvalue weighted by atomic mass is 9.57. The number of aromatic amines is 1. The Morgan fingerprint density at radius 1 is 0.553 bits per heavy atom. The molecule has 7 rings (SSSR count). The number of benzene rings is 5. The van der Waals surface area contributed by atoms with Crippen LogP contribution in [0.25, 0.3) is 66.0 Å². The Balaban J connectivity index is 1.47. The number of rotatable bonds is 5. The number of aromatic nitrogens is 2. The molecule has 7 aromatic rings. The van der Waals surface area contributed by atoms with Gasteiger partial charge in [-0.25, -0.2) is 0 Å². The number of fused-ring (bicyclic) bond motifs is 6. The third kappa shape index (κ3) is 4.85. The van der Waals surface area contributed by atoms with Crippen LogP contribution in [-0.2, 0) is 0 Å². The first-order valence-corrected chi connectivity index (χ1v) is 16.8. The Morgan fingerprint density at radius 3 is 1.79 bits per heavy atom. The predicted octanol–water partition coefficient (Wildman–Crippen LogP) is -3.03. The van der Waals surface area contributed by atoms with Crippen LogP contribution in [0.1, 0.15) is 5.56 Å². The summed E-state index contributed by atoms with van der Waals surface area (Å²) in [7, 11) is 20.3. The highest BCUT2D eigenvalue weighted by Crippen LogP contribution is 2.38. The molecule has 0 amide bonds. The van der Waals surface area contributed by atoms with Gasteiger partial charge in [0.15, 0.2) is 0 Å². The molecule has 0 unspecified atom stereocenters. The van der Waals surface area contributed by atoms with Gasteiger partial charge in [0.1, 0.15) is 70.6 Å². The minimum atomic E-state index is 1.17. The molecule has 2 nitrogen and oxygen atoms in total. The molecule has 11 heteroatoms. The highest BCUT2D eigenvalue weighted by Gasteiger charge is 2.21. The summed E-state index contributed by atoms with van der Waals surface area (Å²) in [6.45, 7) is 0. The molecule has 0 aliphatic carbocycles. The van der Waals surface area contributed by atoms with Gasteiger partial charge in [-0.1, -0.05) is 70.4 Å². The zero-order valence-corrected chi connectivity index (χ0v) is 29.2. The monoisotopic (exact) mass is 594 g/mol. The smallest absolute Gasteiger partial charge is 0.142 e. The third-order valence-corrected chi connectivity index (χ3v) is 10.9. The van der Waals surface area contributed by atoms with E-state index in [1.165, 1.54) is 110 Å². The summed E-state index contributed by atoms with van der Waals surface area (Å²) in [5.74, 6) is 4.56. The van der Waals surface area contributed by atoms with Gasteiger partial charge in [-0.2, -0.15) is 0 Å². The van der Waals surface area contributed by atoms with Gasteiger partial charge in [-0.05, 0) is 58.7 Å². The first kappa shape index (κ1) is 31.1. The second-order valence-electron chi connectivity index (χ2n) is 13.2. The van der Waals surface area contributed by atoms with Gasteiger partial charge in [0.25, 0.3) is 0 Å². The predicted molar refractivity (Wildman–Crippen MR) is 235 cm³/mol. The van der Waals surface area contributed by atoms with Gasteiger partial charge in [0.05, 0.1) is 11.0 Å². The number of H-pyrrole nitrogens is 1. The molecule has 5 aromatic carbocycles. The second-order valence-corrected chi connectivity index (χ2v) is 13.2. The Labute approximate surface area is 285 Å². The molecule has 2 aromatic heterocycles. The molecule has 0 radical (unpaired) electrons. The Kier molecular flexibility index (Phi) is 7.91. The third-order valence-electron chi connectivity index (χ3n) is 10.9. The van der Waals surface area contributed by atoms with Gasteiger partial charge >= 0.3 is 0 Å². The first-order chi connectivity index (χ1) is 22.7. The van der Waals surface area contributed by atoms with E-state index in [2.05, 4.69) is 177 Å². The molecule has 47 heavy (non-hydrogen) atoms. The lowest BCUT2D eigenvalue weighted by Gasteiger charge is -2.26. The van der Waals surface area contributed by atoms with Crippen molar-refractivity contribution in [3.8, 4) is 11.1 Å². The molecule has 0 aliphatic rings. The molecule has 0 bridgehead atoms. The zero-order valence-electron chi connectivity index (χ0n) is 29.2. The lowest BCUT2D eigenvalue weighted by molar-refractivity contribution is 1.23. The van der Waals surface area contributed by atoms with Crippen molar-refractivity contribution in [1.29, 1.82) is 0 Å². The summed E-state index contributed by atoms with van der Waals surface area (Å²) in [5, 5.41) is 5.06. The fourth-order valence-corrected chi connectivity index (χ4v) is 7.78. The average Bonchev–Trinajstić information content (AvgIpc) is 3.63. The number of hydrogen-bond donors (Lipinski definition) is 1. The minimum absolute atomic E-state index is 1.17. The fraction of sp³-hybridized carbons (Fsp3) is 0. The van der Waals surface area contributed by atoms with E-state index in [-0.39, 0.29) is 0 Å². The summed E-state index contributed by atoms with van der Waals surface area (Å²) in [6, 6.07) is 31.2. The molecule has 1 N–H and O–H groups in total. The number of nitrogens with zero attached hydrogens (tertiary/aromatic N) is 1. The summed E-state index contributed by atoms with van der Waals surface area (Å²) < 4.78 is 2.48. The maximum Gasteiger partial charge on any atom is 0.142 e. The maximum atomic E-state index is 3.57. The molecule has 0 atom stereocenters. The largest absolute Gasteiger partial charge is 0.355 e. The van der Waals surface area contributed by atoms with Crippen molar-refractivity contribution in [2.45, 2.75) is 0 Å². The normalized spacial score (nSPS) is 13.2. The van der Waals surface area contributed by atoms with Crippen molar-refractivity contribution in [2.75, 3.05) is 0 Å². The van der Waals surface area contributed by atoms with Crippen LogP contribution in [0.2, 0.25) is 0 Å². The summed E-state index contributed by atoms with van der Waals surface area (Å²) >= 11 is 0. The lowest BCUT2D eigenvalue weighted by Crippen LogP contribution is -2.56. The number of hydrogen-bond acceptors (Lipinski definition) is 0. The van der Waals surface area contributed by atoms with Crippen LogP contribution in [0.15, 0.2) is 108 Å². The first-order valence-electron chi connectivity index (χ1n) is 16.8. The van der Waals surface area contributed by atoms with E-state index in [1.54, 1.807) is 0 Å². The molecular formula is C36H35B9N2. The van der Waals surface area contributed by atoms with E-state index in [4.69, 9.17) is 0 Å². The number of allylic oxidation sites excluding steroid dienone is 4. The highest BCUT2D eigenvalue weighted by molar-refractivity contribution is 6.68. The van der Waals surface area contributed by atoms with E-state index in [0.29, 0.717) is 0 Å². The molecule has 0 spiro atoms. The summed E-state index contributed by atoms with van der Waals surface area (Å²) in [4.78, 5) is 3.57. The molecule has 0 saturated carbocycles. The average molecular weight is 593 g/mol. The van der Waals surface area contributed by atoms with E-state index in [9.17, 15) is 0 Å². The van der Waals surface area contributed by atoms with Crippen molar-refractivity contribution in [1.82, 2.24) is 9.55 Å². The van der Waals surface area contributed by atoms with E-state index in [0.717, 1.165) is 0 Å². The molecule has 0 fully saturated rings. The zero-order chi connectivity index (χ0) is 33.1. The van der Waals surface area contributed by atoms with Crippen LogP contribution >= 0.6 is 0 Å². The van der Waals surface area contributed by atoms with E-state index < -0.39 is 0 Å². The van der Waals surface area contributed by atoms with Gasteiger partial charge in [0.2, 0.25) is 0 Å². The minimum Gasteiger partial charge on any atom is -0.355 e. The Bertz CT molecular complexity index is 2490. The Morgan fingerprint density at radius 2 is 1.11 bits per heavy atom. The standard InChI is InChI=1S/C36H35B9N2/c37-15-23(39)29(30-32(41)34(43)36(45)35(44)33(30)42)31(40)28(16-38)47-26-8-4-2-6-20(26)22-14-18(10-12-27(22)47)17-9-11-25-21(13-17)19-5-1-3-7-24(19)46-25/h1-16,46H,37-45H2/b23-15-,28-16-,31-29-. The van der Waals surface area contributed by atoms with Crippen LogP contribution in [0.3, 0.4) is 0 Å². The van der Waals surface area contributed by atoms with Crippen molar-refractivity contribution in [3.05, 3.63) is 113 Å². The van der Waals surface area contributed by atoms with E-state index >= 15 is 0 Å². The van der Waals surface area contributed by atoms with Gasteiger partial charge < -0.3 is 9.55 Å². The van der Waals surface area contributed by atoms with Crippen LogP contribution < -0.4 is 27.3 Å². The van der Waals surface area contributed by atoms with Crippen LogP contribution in [-0.4, -0.2) is 80.2 Å². The molecule has 2 heterocycles. The second kappa shape index (κ2) is 11.9. The van der Waals surface area contributed by atoms with Crippen molar-refractivity contribution in [3.63, 3.8) is 0 Å².